The van der Waals surface area contributed by atoms with Crippen molar-refractivity contribution in [2.75, 3.05) is 6.54 Å². The number of amides is 1. The van der Waals surface area contributed by atoms with E-state index in [1.807, 2.05) is 0 Å². The largest absolute Gasteiger partial charge is 0.358 e. The van der Waals surface area contributed by atoms with E-state index in [1.54, 1.807) is 0 Å². The van der Waals surface area contributed by atoms with Crippen molar-refractivity contribution < 1.29 is 9.72 Å². The fourth-order valence-corrected chi connectivity index (χ4v) is 1.36. The van der Waals surface area contributed by atoms with E-state index >= 15 is 0 Å². The van der Waals surface area contributed by atoms with Gasteiger partial charge in [-0.15, -0.1) is 0 Å². The molecule has 2 aromatic rings. The van der Waals surface area contributed by atoms with Crippen molar-refractivity contribution in [1.82, 2.24) is 25.5 Å². The Morgan fingerprint density at radius 3 is 2.94 bits per heavy atom. The quantitative estimate of drug-likeness (QED) is 0.508. The van der Waals surface area contributed by atoms with E-state index in [1.165, 1.54) is 18.5 Å². The Labute approximate surface area is 101 Å². The predicted octanol–water partition coefficient (Wildman–Crippen LogP) is 0.0135. The number of aromatic amines is 2. The van der Waals surface area contributed by atoms with Crippen LogP contribution in [0.5, 0.6) is 0 Å². The monoisotopic (exact) mass is 250 g/mol. The molecule has 0 fully saturated rings. The molecule has 0 saturated carbocycles. The second-order valence-corrected chi connectivity index (χ2v) is 3.45. The fraction of sp³-hybridized carbons (Fsp3) is 0.222. The van der Waals surface area contributed by atoms with Gasteiger partial charge in [-0.05, 0) is 11.0 Å². The summed E-state index contributed by atoms with van der Waals surface area (Å²) in [6.07, 6.45) is 1.89. The Bertz CT molecular complexity index is 546. The number of nitrogens with zero attached hydrogens (tertiary/aromatic N) is 3. The first kappa shape index (κ1) is 11.8. The van der Waals surface area contributed by atoms with Crippen molar-refractivity contribution in [2.45, 2.75) is 6.42 Å². The van der Waals surface area contributed by atoms with E-state index in [4.69, 9.17) is 0 Å². The van der Waals surface area contributed by atoms with Gasteiger partial charge in [0.2, 0.25) is 0 Å². The van der Waals surface area contributed by atoms with Crippen molar-refractivity contribution in [2.24, 2.45) is 0 Å². The molecule has 0 radical (unpaired) electrons. The lowest BCUT2D eigenvalue weighted by Crippen LogP contribution is -2.26. The van der Waals surface area contributed by atoms with Crippen molar-refractivity contribution in [3.8, 4) is 0 Å². The maximum atomic E-state index is 11.6. The van der Waals surface area contributed by atoms with E-state index in [0.29, 0.717) is 18.8 Å². The molecule has 0 bridgehead atoms. The number of carbonyl (C=O) groups is 1. The molecule has 0 aliphatic rings. The summed E-state index contributed by atoms with van der Waals surface area (Å²) in [4.78, 5) is 27.7. The Morgan fingerprint density at radius 2 is 2.33 bits per heavy atom. The lowest BCUT2D eigenvalue weighted by molar-refractivity contribution is -0.389. The minimum atomic E-state index is -0.592. The molecule has 18 heavy (non-hydrogen) atoms. The minimum Gasteiger partial charge on any atom is -0.358 e. The van der Waals surface area contributed by atoms with Crippen LogP contribution < -0.4 is 5.32 Å². The highest BCUT2D eigenvalue weighted by Gasteiger charge is 2.14. The van der Waals surface area contributed by atoms with Crippen LogP contribution >= 0.6 is 0 Å². The van der Waals surface area contributed by atoms with Crippen LogP contribution in [-0.4, -0.2) is 37.5 Å². The minimum absolute atomic E-state index is 0.152. The van der Waals surface area contributed by atoms with E-state index < -0.39 is 10.8 Å². The molecule has 0 spiro atoms. The first-order valence-corrected chi connectivity index (χ1v) is 5.12. The predicted molar refractivity (Wildman–Crippen MR) is 59.9 cm³/mol. The summed E-state index contributed by atoms with van der Waals surface area (Å²) >= 11 is 0. The number of H-pyrrole nitrogens is 2. The molecule has 2 rings (SSSR count). The molecule has 9 heteroatoms. The van der Waals surface area contributed by atoms with Gasteiger partial charge in [0.1, 0.15) is 12.2 Å². The van der Waals surface area contributed by atoms with E-state index in [9.17, 15) is 14.9 Å². The van der Waals surface area contributed by atoms with E-state index in [-0.39, 0.29) is 11.5 Å². The highest BCUT2D eigenvalue weighted by molar-refractivity contribution is 5.92. The summed E-state index contributed by atoms with van der Waals surface area (Å²) in [5.74, 6) is 0.0470. The van der Waals surface area contributed by atoms with Crippen LogP contribution in [0.3, 0.4) is 0 Å². The molecule has 0 aliphatic carbocycles. The molecule has 3 N–H and O–H groups in total. The lowest BCUT2D eigenvalue weighted by atomic mass is 10.3. The summed E-state index contributed by atoms with van der Waals surface area (Å²) < 4.78 is 0. The van der Waals surface area contributed by atoms with E-state index in [2.05, 4.69) is 25.5 Å². The summed E-state index contributed by atoms with van der Waals surface area (Å²) in [5, 5.41) is 19.4. The number of nitrogens with one attached hydrogen (secondary N) is 3. The molecule has 0 unspecified atom stereocenters. The van der Waals surface area contributed by atoms with Crippen LogP contribution in [0.25, 0.3) is 0 Å². The first-order valence-electron chi connectivity index (χ1n) is 5.12. The number of rotatable bonds is 5. The molecule has 1 amide bonds. The Balaban J connectivity index is 1.85. The highest BCUT2D eigenvalue weighted by Crippen LogP contribution is 2.09. The smallest absolute Gasteiger partial charge is 0.321 e. The van der Waals surface area contributed by atoms with Gasteiger partial charge in [-0.2, -0.15) is 5.10 Å². The average Bonchev–Trinajstić information content (AvgIpc) is 2.99. The normalized spacial score (nSPS) is 10.2. The third kappa shape index (κ3) is 2.70. The number of hydrogen-bond acceptors (Lipinski definition) is 5. The zero-order chi connectivity index (χ0) is 13.0. The molecule has 0 atom stereocenters. The second-order valence-electron chi connectivity index (χ2n) is 3.45. The molecule has 9 nitrogen and oxygen atoms in total. The maximum Gasteiger partial charge on any atom is 0.321 e. The van der Waals surface area contributed by atoms with Gasteiger partial charge in [-0.3, -0.25) is 9.89 Å². The number of carbonyl (C=O) groups excluding carboxylic acids is 1. The molecule has 2 aromatic heterocycles. The SMILES string of the molecule is O=C(NCCc1ncn[nH]1)c1ccc([N+](=O)[O-])[nH]1. The number of aromatic nitrogens is 4. The van der Waals surface area contributed by atoms with Gasteiger partial charge in [0.15, 0.2) is 5.69 Å². The number of nitro groups is 1. The van der Waals surface area contributed by atoms with Gasteiger partial charge in [0.25, 0.3) is 5.91 Å². The molecule has 0 aromatic carbocycles. The van der Waals surface area contributed by atoms with Gasteiger partial charge in [-0.25, -0.2) is 9.97 Å². The second kappa shape index (κ2) is 5.08. The van der Waals surface area contributed by atoms with Crippen LogP contribution in [0.15, 0.2) is 18.5 Å². The first-order chi connectivity index (χ1) is 8.66. The van der Waals surface area contributed by atoms with Crippen molar-refractivity contribution in [3.63, 3.8) is 0 Å². The zero-order valence-corrected chi connectivity index (χ0v) is 9.21. The zero-order valence-electron chi connectivity index (χ0n) is 9.21. The van der Waals surface area contributed by atoms with Gasteiger partial charge in [-0.1, -0.05) is 0 Å². The van der Waals surface area contributed by atoms with Gasteiger partial charge in [0.05, 0.1) is 0 Å². The molecule has 0 aliphatic heterocycles. The molecular formula is C9H10N6O3. The van der Waals surface area contributed by atoms with Crippen molar-refractivity contribution >= 4 is 11.7 Å². The third-order valence-electron chi connectivity index (χ3n) is 2.22. The Hall–Kier alpha value is -2.71. The van der Waals surface area contributed by atoms with E-state index in [0.717, 1.165) is 0 Å². The fourth-order valence-electron chi connectivity index (χ4n) is 1.36. The molecule has 0 saturated heterocycles. The van der Waals surface area contributed by atoms with Crippen molar-refractivity contribution in [3.05, 3.63) is 40.1 Å². The summed E-state index contributed by atoms with van der Waals surface area (Å²) in [6.45, 7) is 0.362. The molecule has 94 valence electrons. The summed E-state index contributed by atoms with van der Waals surface area (Å²) in [7, 11) is 0. The van der Waals surface area contributed by atoms with Crippen LogP contribution in [-0.2, 0) is 6.42 Å². The van der Waals surface area contributed by atoms with Crippen LogP contribution in [0, 0.1) is 10.1 Å². The number of hydrogen-bond donors (Lipinski definition) is 3. The maximum absolute atomic E-state index is 11.6. The lowest BCUT2D eigenvalue weighted by Gasteiger charge is -1.99. The summed E-state index contributed by atoms with van der Waals surface area (Å²) in [6, 6.07) is 2.60. The molecular weight excluding hydrogens is 240 g/mol. The highest BCUT2D eigenvalue weighted by atomic mass is 16.6. The van der Waals surface area contributed by atoms with Crippen molar-refractivity contribution in [1.29, 1.82) is 0 Å². The third-order valence-corrected chi connectivity index (χ3v) is 2.22. The Morgan fingerprint density at radius 1 is 1.50 bits per heavy atom. The van der Waals surface area contributed by atoms with Gasteiger partial charge in [0, 0.05) is 19.0 Å². The van der Waals surface area contributed by atoms with Crippen LogP contribution in [0.4, 0.5) is 5.82 Å². The standard InChI is InChI=1S/C9H10N6O3/c16-9(6-1-2-8(13-6)15(17)18)10-4-3-7-11-5-12-14-7/h1-2,5,13H,3-4H2,(H,10,16)(H,11,12,14). The van der Waals surface area contributed by atoms with Gasteiger partial charge < -0.3 is 15.4 Å². The Kier molecular flexibility index (Phi) is 3.32. The topological polar surface area (TPSA) is 130 Å². The molecule has 2 heterocycles. The van der Waals surface area contributed by atoms with Crippen LogP contribution in [0.1, 0.15) is 16.3 Å². The summed E-state index contributed by atoms with van der Waals surface area (Å²) in [5.41, 5.74) is 0.152. The average molecular weight is 250 g/mol. The van der Waals surface area contributed by atoms with Crippen LogP contribution in [0.2, 0.25) is 0 Å². The van der Waals surface area contributed by atoms with Gasteiger partial charge >= 0.3 is 5.82 Å².